The van der Waals surface area contributed by atoms with Crippen molar-refractivity contribution in [3.63, 3.8) is 0 Å². The smallest absolute Gasteiger partial charge is 0.325 e. The minimum absolute atomic E-state index is 0.0680. The van der Waals surface area contributed by atoms with Gasteiger partial charge >= 0.3 is 5.97 Å². The van der Waals surface area contributed by atoms with Crippen LogP contribution in [0, 0.1) is 0 Å². The fraction of sp³-hybridized carbons (Fsp3) is 0.500. The lowest BCUT2D eigenvalue weighted by Gasteiger charge is -2.39. The first kappa shape index (κ1) is 20.3. The zero-order chi connectivity index (χ0) is 20.1. The van der Waals surface area contributed by atoms with E-state index < -0.39 is 5.97 Å². The Morgan fingerprint density at radius 2 is 1.96 bits per heavy atom. The average Bonchev–Trinajstić information content (AvgIpc) is 3.09. The minimum atomic E-state index is -0.423. The standard InChI is InChI=1S/C20H24ClN3O4/c1-3-27-18(26)13-24(2)17(25)10-9-16-22-23-19(28-16)20(11-4-12-20)14-5-7-15(21)8-6-14/h5-8H,3-4,9-13H2,1-2H3. The van der Waals surface area contributed by atoms with E-state index in [1.165, 1.54) is 4.90 Å². The predicted octanol–water partition coefficient (Wildman–Crippen LogP) is 3.15. The van der Waals surface area contributed by atoms with E-state index in [1.54, 1.807) is 14.0 Å². The Morgan fingerprint density at radius 3 is 2.57 bits per heavy atom. The molecule has 0 atom stereocenters. The third-order valence-electron chi connectivity index (χ3n) is 5.13. The number of ether oxygens (including phenoxy) is 1. The number of hydrogen-bond acceptors (Lipinski definition) is 6. The monoisotopic (exact) mass is 405 g/mol. The molecular weight excluding hydrogens is 382 g/mol. The molecule has 1 aliphatic rings. The van der Waals surface area contributed by atoms with Crippen molar-refractivity contribution in [2.75, 3.05) is 20.2 Å². The van der Waals surface area contributed by atoms with Gasteiger partial charge in [0.15, 0.2) is 0 Å². The van der Waals surface area contributed by atoms with Gasteiger partial charge in [-0.2, -0.15) is 0 Å². The van der Waals surface area contributed by atoms with Crippen LogP contribution < -0.4 is 0 Å². The second-order valence-electron chi connectivity index (χ2n) is 7.00. The number of halogens is 1. The summed E-state index contributed by atoms with van der Waals surface area (Å²) >= 11 is 6.00. The van der Waals surface area contributed by atoms with Crippen molar-refractivity contribution < 1.29 is 18.7 Å². The molecule has 0 aliphatic heterocycles. The lowest BCUT2D eigenvalue weighted by molar-refractivity contribution is -0.148. The first-order chi connectivity index (χ1) is 13.4. The number of nitrogens with zero attached hydrogens (tertiary/aromatic N) is 3. The normalized spacial score (nSPS) is 15.0. The Morgan fingerprint density at radius 1 is 1.25 bits per heavy atom. The topological polar surface area (TPSA) is 85.5 Å². The number of aromatic nitrogens is 2. The highest BCUT2D eigenvalue weighted by atomic mass is 35.5. The average molecular weight is 406 g/mol. The molecule has 0 spiro atoms. The van der Waals surface area contributed by atoms with Crippen LogP contribution in [-0.2, 0) is 26.2 Å². The molecule has 7 nitrogen and oxygen atoms in total. The molecule has 8 heteroatoms. The Balaban J connectivity index is 1.61. The molecular formula is C20H24ClN3O4. The van der Waals surface area contributed by atoms with E-state index >= 15 is 0 Å². The third kappa shape index (κ3) is 4.35. The van der Waals surface area contributed by atoms with Crippen LogP contribution in [-0.4, -0.2) is 47.2 Å². The van der Waals surface area contributed by atoms with E-state index in [9.17, 15) is 9.59 Å². The van der Waals surface area contributed by atoms with Crippen LogP contribution in [0.25, 0.3) is 0 Å². The first-order valence-corrected chi connectivity index (χ1v) is 9.81. The fourth-order valence-electron chi connectivity index (χ4n) is 3.37. The zero-order valence-electron chi connectivity index (χ0n) is 16.1. The SMILES string of the molecule is CCOC(=O)CN(C)C(=O)CCc1nnc(C2(c3ccc(Cl)cc3)CCC2)o1. The van der Waals surface area contributed by atoms with Gasteiger partial charge < -0.3 is 14.1 Å². The first-order valence-electron chi connectivity index (χ1n) is 9.43. The van der Waals surface area contributed by atoms with E-state index in [-0.39, 0.29) is 24.3 Å². The summed E-state index contributed by atoms with van der Waals surface area (Å²) in [6.07, 6.45) is 3.49. The summed E-state index contributed by atoms with van der Waals surface area (Å²) in [6, 6.07) is 7.73. The Hall–Kier alpha value is -2.41. The van der Waals surface area contributed by atoms with Crippen molar-refractivity contribution in [3.05, 3.63) is 46.6 Å². The van der Waals surface area contributed by atoms with Crippen molar-refractivity contribution in [3.8, 4) is 0 Å². The van der Waals surface area contributed by atoms with Crippen molar-refractivity contribution in [2.24, 2.45) is 0 Å². The summed E-state index contributed by atoms with van der Waals surface area (Å²) in [5.74, 6) is 0.411. The van der Waals surface area contributed by atoms with E-state index in [0.717, 1.165) is 24.8 Å². The van der Waals surface area contributed by atoms with Crippen molar-refractivity contribution in [2.45, 2.75) is 44.4 Å². The highest BCUT2D eigenvalue weighted by Gasteiger charge is 2.45. The number of hydrogen-bond donors (Lipinski definition) is 0. The minimum Gasteiger partial charge on any atom is -0.465 e. The molecule has 1 aromatic heterocycles. The van der Waals surface area contributed by atoms with Crippen molar-refractivity contribution in [1.29, 1.82) is 0 Å². The van der Waals surface area contributed by atoms with E-state index in [4.69, 9.17) is 20.8 Å². The van der Waals surface area contributed by atoms with Gasteiger partial charge in [0, 0.05) is 24.9 Å². The third-order valence-corrected chi connectivity index (χ3v) is 5.38. The largest absolute Gasteiger partial charge is 0.465 e. The molecule has 1 aliphatic carbocycles. The van der Waals surface area contributed by atoms with Crippen LogP contribution >= 0.6 is 11.6 Å². The van der Waals surface area contributed by atoms with Crippen LogP contribution in [0.4, 0.5) is 0 Å². The van der Waals surface area contributed by atoms with Gasteiger partial charge in [0.2, 0.25) is 17.7 Å². The fourth-order valence-corrected chi connectivity index (χ4v) is 3.49. The molecule has 150 valence electrons. The number of carbonyl (C=O) groups excluding carboxylic acids is 2. The highest BCUT2D eigenvalue weighted by molar-refractivity contribution is 6.30. The second-order valence-corrected chi connectivity index (χ2v) is 7.43. The Bertz CT molecular complexity index is 830. The molecule has 1 fully saturated rings. The van der Waals surface area contributed by atoms with Crippen LogP contribution in [0.2, 0.25) is 5.02 Å². The molecule has 0 saturated heterocycles. The van der Waals surface area contributed by atoms with Crippen molar-refractivity contribution in [1.82, 2.24) is 15.1 Å². The number of likely N-dealkylation sites (N-methyl/N-ethyl adjacent to an activating group) is 1. The van der Waals surface area contributed by atoms with Gasteiger partial charge in [-0.05, 0) is 37.5 Å². The van der Waals surface area contributed by atoms with Gasteiger partial charge in [-0.1, -0.05) is 30.2 Å². The molecule has 0 bridgehead atoms. The number of esters is 1. The van der Waals surface area contributed by atoms with E-state index in [1.807, 2.05) is 24.3 Å². The molecule has 0 radical (unpaired) electrons. The molecule has 1 aromatic carbocycles. The van der Waals surface area contributed by atoms with Gasteiger partial charge in [0.05, 0.1) is 12.0 Å². The number of rotatable bonds is 8. The van der Waals surface area contributed by atoms with Crippen LogP contribution in [0.5, 0.6) is 0 Å². The molecule has 0 unspecified atom stereocenters. The molecule has 1 amide bonds. The van der Waals surface area contributed by atoms with Gasteiger partial charge in [0.1, 0.15) is 6.54 Å². The maximum atomic E-state index is 12.2. The number of aryl methyl sites for hydroxylation is 1. The number of amides is 1. The van der Waals surface area contributed by atoms with Crippen LogP contribution in [0.1, 0.15) is 50.0 Å². The van der Waals surface area contributed by atoms with Gasteiger partial charge in [-0.3, -0.25) is 9.59 Å². The maximum Gasteiger partial charge on any atom is 0.325 e. The van der Waals surface area contributed by atoms with Crippen molar-refractivity contribution >= 4 is 23.5 Å². The number of carbonyl (C=O) groups is 2. The van der Waals surface area contributed by atoms with E-state index in [2.05, 4.69) is 10.2 Å². The number of benzene rings is 1. The molecule has 1 saturated carbocycles. The Labute approximate surface area is 169 Å². The second kappa shape index (κ2) is 8.73. The van der Waals surface area contributed by atoms with Crippen LogP contribution in [0.15, 0.2) is 28.7 Å². The summed E-state index contributed by atoms with van der Waals surface area (Å²) in [6.45, 7) is 1.95. The summed E-state index contributed by atoms with van der Waals surface area (Å²) < 4.78 is 10.8. The van der Waals surface area contributed by atoms with Gasteiger partial charge in [-0.15, -0.1) is 10.2 Å². The summed E-state index contributed by atoms with van der Waals surface area (Å²) in [7, 11) is 1.57. The quantitative estimate of drug-likeness (QED) is 0.627. The maximum absolute atomic E-state index is 12.2. The lowest BCUT2D eigenvalue weighted by atomic mass is 9.64. The molecule has 28 heavy (non-hydrogen) atoms. The molecule has 1 heterocycles. The van der Waals surface area contributed by atoms with Gasteiger partial charge in [-0.25, -0.2) is 0 Å². The molecule has 2 aromatic rings. The zero-order valence-corrected chi connectivity index (χ0v) is 16.9. The highest BCUT2D eigenvalue weighted by Crippen LogP contribution is 2.48. The molecule has 0 N–H and O–H groups in total. The molecule has 3 rings (SSSR count). The van der Waals surface area contributed by atoms with Crippen LogP contribution in [0.3, 0.4) is 0 Å². The van der Waals surface area contributed by atoms with E-state index in [0.29, 0.717) is 29.8 Å². The summed E-state index contributed by atoms with van der Waals surface area (Å²) in [4.78, 5) is 25.0. The lowest BCUT2D eigenvalue weighted by Crippen LogP contribution is -2.35. The summed E-state index contributed by atoms with van der Waals surface area (Å²) in [5.41, 5.74) is 0.851. The predicted molar refractivity (Wildman–Crippen MR) is 103 cm³/mol. The van der Waals surface area contributed by atoms with Gasteiger partial charge in [0.25, 0.3) is 0 Å². The summed E-state index contributed by atoms with van der Waals surface area (Å²) in [5, 5.41) is 9.07. The Kier molecular flexibility index (Phi) is 6.34.